The van der Waals surface area contributed by atoms with Gasteiger partial charge in [0.1, 0.15) is 0 Å². The molecule has 84 valence electrons. The zero-order valence-corrected chi connectivity index (χ0v) is 9.57. The lowest BCUT2D eigenvalue weighted by molar-refractivity contribution is -0.0280. The molecule has 0 radical (unpaired) electrons. The van der Waals surface area contributed by atoms with Gasteiger partial charge in [0, 0.05) is 6.42 Å². The van der Waals surface area contributed by atoms with Crippen LogP contribution in [0.4, 0.5) is 0 Å². The molecule has 3 atom stereocenters. The van der Waals surface area contributed by atoms with Crippen molar-refractivity contribution < 1.29 is 9.52 Å². The maximum atomic E-state index is 10.5. The van der Waals surface area contributed by atoms with E-state index in [1.165, 1.54) is 0 Å². The first kappa shape index (κ1) is 10.7. The number of furan rings is 1. The van der Waals surface area contributed by atoms with Crippen LogP contribution < -0.4 is 0 Å². The molecule has 1 saturated carbocycles. The lowest BCUT2D eigenvalue weighted by Crippen LogP contribution is -2.39. The summed E-state index contributed by atoms with van der Waals surface area (Å²) in [6.45, 7) is 4.52. The molecule has 1 aromatic rings. The van der Waals surface area contributed by atoms with Crippen LogP contribution in [0.3, 0.4) is 0 Å². The predicted octanol–water partition coefficient (Wildman–Crippen LogP) is 3.01. The van der Waals surface area contributed by atoms with Gasteiger partial charge in [-0.25, -0.2) is 0 Å². The predicted molar refractivity (Wildman–Crippen MR) is 59.5 cm³/mol. The Hall–Kier alpha value is -0.760. The summed E-state index contributed by atoms with van der Waals surface area (Å²) in [6.07, 6.45) is 7.12. The summed E-state index contributed by atoms with van der Waals surface area (Å²) in [4.78, 5) is 0. The van der Waals surface area contributed by atoms with E-state index < -0.39 is 5.60 Å². The smallest absolute Gasteiger partial charge is 0.0935 e. The number of hydrogen-bond acceptors (Lipinski definition) is 2. The third kappa shape index (κ3) is 2.43. The molecule has 1 fully saturated rings. The van der Waals surface area contributed by atoms with Crippen LogP contribution in [0.25, 0.3) is 0 Å². The summed E-state index contributed by atoms with van der Waals surface area (Å²) in [5.41, 5.74) is 0.606. The summed E-state index contributed by atoms with van der Waals surface area (Å²) < 4.78 is 5.04. The minimum absolute atomic E-state index is 0.504. The summed E-state index contributed by atoms with van der Waals surface area (Å²) in [7, 11) is 0. The van der Waals surface area contributed by atoms with E-state index in [1.807, 2.05) is 6.07 Å². The highest BCUT2D eigenvalue weighted by Gasteiger charge is 2.35. The van der Waals surface area contributed by atoms with E-state index in [2.05, 4.69) is 13.8 Å². The molecule has 0 saturated heterocycles. The minimum atomic E-state index is -0.504. The monoisotopic (exact) mass is 208 g/mol. The van der Waals surface area contributed by atoms with Crippen LogP contribution in [0.5, 0.6) is 0 Å². The van der Waals surface area contributed by atoms with Crippen molar-refractivity contribution in [3.05, 3.63) is 24.2 Å². The van der Waals surface area contributed by atoms with Crippen molar-refractivity contribution in [2.45, 2.75) is 45.1 Å². The SMILES string of the molecule is CC1CCC(O)(Cc2ccoc2)CC1C. The lowest BCUT2D eigenvalue weighted by Gasteiger charge is -2.39. The third-order valence-corrected chi connectivity index (χ3v) is 3.85. The van der Waals surface area contributed by atoms with Crippen LogP contribution in [0.2, 0.25) is 0 Å². The van der Waals surface area contributed by atoms with Gasteiger partial charge in [0.2, 0.25) is 0 Å². The Labute approximate surface area is 91.3 Å². The molecule has 1 aliphatic carbocycles. The fraction of sp³-hybridized carbons (Fsp3) is 0.692. The van der Waals surface area contributed by atoms with E-state index in [9.17, 15) is 5.11 Å². The molecule has 0 aromatic carbocycles. The van der Waals surface area contributed by atoms with Crippen molar-refractivity contribution in [1.82, 2.24) is 0 Å². The van der Waals surface area contributed by atoms with Crippen LogP contribution in [-0.4, -0.2) is 10.7 Å². The molecule has 0 bridgehead atoms. The zero-order valence-electron chi connectivity index (χ0n) is 9.57. The number of aliphatic hydroxyl groups is 1. The topological polar surface area (TPSA) is 33.4 Å². The van der Waals surface area contributed by atoms with Crippen molar-refractivity contribution in [2.75, 3.05) is 0 Å². The van der Waals surface area contributed by atoms with Gasteiger partial charge in [-0.05, 0) is 42.7 Å². The second kappa shape index (κ2) is 4.01. The molecule has 15 heavy (non-hydrogen) atoms. The summed E-state index contributed by atoms with van der Waals surface area (Å²) in [6, 6.07) is 1.95. The van der Waals surface area contributed by atoms with Gasteiger partial charge in [0.05, 0.1) is 18.1 Å². The molecule has 0 aliphatic heterocycles. The average Bonchev–Trinajstić information content (AvgIpc) is 2.64. The van der Waals surface area contributed by atoms with E-state index in [-0.39, 0.29) is 0 Å². The molecule has 2 rings (SSSR count). The van der Waals surface area contributed by atoms with Crippen LogP contribution in [0, 0.1) is 11.8 Å². The van der Waals surface area contributed by atoms with Crippen LogP contribution in [-0.2, 0) is 6.42 Å². The first-order valence-electron chi connectivity index (χ1n) is 5.82. The Bertz CT molecular complexity index is 304. The molecule has 0 amide bonds. The first-order chi connectivity index (χ1) is 7.09. The summed E-state index contributed by atoms with van der Waals surface area (Å²) in [5.74, 6) is 1.37. The second-order valence-electron chi connectivity index (χ2n) is 5.23. The molecular formula is C13H20O2. The Balaban J connectivity index is 2.01. The van der Waals surface area contributed by atoms with E-state index in [0.29, 0.717) is 5.92 Å². The van der Waals surface area contributed by atoms with Crippen molar-refractivity contribution in [3.8, 4) is 0 Å². The fourth-order valence-corrected chi connectivity index (χ4v) is 2.62. The van der Waals surface area contributed by atoms with Gasteiger partial charge in [-0.3, -0.25) is 0 Å². The largest absolute Gasteiger partial charge is 0.472 e. The quantitative estimate of drug-likeness (QED) is 0.810. The molecule has 1 heterocycles. The highest BCUT2D eigenvalue weighted by Crippen LogP contribution is 2.38. The Morgan fingerprint density at radius 3 is 2.87 bits per heavy atom. The molecule has 1 aromatic heterocycles. The normalized spacial score (nSPS) is 36.7. The second-order valence-corrected chi connectivity index (χ2v) is 5.23. The molecule has 2 heteroatoms. The van der Waals surface area contributed by atoms with Gasteiger partial charge >= 0.3 is 0 Å². The highest BCUT2D eigenvalue weighted by atomic mass is 16.3. The zero-order chi connectivity index (χ0) is 10.9. The molecule has 3 unspecified atom stereocenters. The van der Waals surface area contributed by atoms with E-state index in [4.69, 9.17) is 4.42 Å². The van der Waals surface area contributed by atoms with Crippen molar-refractivity contribution in [2.24, 2.45) is 11.8 Å². The van der Waals surface area contributed by atoms with Gasteiger partial charge in [-0.1, -0.05) is 13.8 Å². The minimum Gasteiger partial charge on any atom is -0.472 e. The van der Waals surface area contributed by atoms with E-state index in [0.717, 1.165) is 37.2 Å². The molecular weight excluding hydrogens is 188 g/mol. The maximum Gasteiger partial charge on any atom is 0.0935 e. The summed E-state index contributed by atoms with van der Waals surface area (Å²) >= 11 is 0. The van der Waals surface area contributed by atoms with Crippen LogP contribution in [0.1, 0.15) is 38.7 Å². The van der Waals surface area contributed by atoms with Gasteiger partial charge < -0.3 is 9.52 Å². The Morgan fingerprint density at radius 1 is 1.47 bits per heavy atom. The van der Waals surface area contributed by atoms with Crippen molar-refractivity contribution in [3.63, 3.8) is 0 Å². The molecule has 1 aliphatic rings. The van der Waals surface area contributed by atoms with Gasteiger partial charge in [0.15, 0.2) is 0 Å². The lowest BCUT2D eigenvalue weighted by atomic mass is 9.71. The average molecular weight is 208 g/mol. The Kier molecular flexibility index (Phi) is 2.87. The van der Waals surface area contributed by atoms with E-state index >= 15 is 0 Å². The van der Waals surface area contributed by atoms with Crippen molar-refractivity contribution in [1.29, 1.82) is 0 Å². The van der Waals surface area contributed by atoms with Crippen molar-refractivity contribution >= 4 is 0 Å². The molecule has 1 N–H and O–H groups in total. The van der Waals surface area contributed by atoms with Gasteiger partial charge in [-0.2, -0.15) is 0 Å². The summed E-state index contributed by atoms with van der Waals surface area (Å²) in [5, 5.41) is 10.5. The van der Waals surface area contributed by atoms with Gasteiger partial charge in [0.25, 0.3) is 0 Å². The maximum absolute atomic E-state index is 10.5. The fourth-order valence-electron chi connectivity index (χ4n) is 2.62. The van der Waals surface area contributed by atoms with Crippen LogP contribution in [0.15, 0.2) is 23.0 Å². The first-order valence-corrected chi connectivity index (χ1v) is 5.82. The van der Waals surface area contributed by atoms with Crippen LogP contribution >= 0.6 is 0 Å². The molecule has 0 spiro atoms. The number of hydrogen-bond donors (Lipinski definition) is 1. The number of rotatable bonds is 2. The van der Waals surface area contributed by atoms with E-state index in [1.54, 1.807) is 12.5 Å². The Morgan fingerprint density at radius 2 is 2.27 bits per heavy atom. The standard InChI is InChI=1S/C13H20O2/c1-10-3-5-13(14,7-11(10)2)8-12-4-6-15-9-12/h4,6,9-11,14H,3,5,7-8H2,1-2H3. The van der Waals surface area contributed by atoms with Gasteiger partial charge in [-0.15, -0.1) is 0 Å². The highest BCUT2D eigenvalue weighted by molar-refractivity contribution is 5.10. The molecule has 2 nitrogen and oxygen atoms in total. The third-order valence-electron chi connectivity index (χ3n) is 3.85.